The van der Waals surface area contributed by atoms with E-state index in [9.17, 15) is 4.79 Å². The fourth-order valence-electron chi connectivity index (χ4n) is 0.470. The molecule has 0 aliphatic heterocycles. The van der Waals surface area contributed by atoms with E-state index in [2.05, 4.69) is 21.6 Å². The number of nitrogens with zero attached hydrogens (tertiary/aromatic N) is 1. The second-order valence-electron chi connectivity index (χ2n) is 1.48. The molecular weight excluding hydrogens is 118 g/mol. The standard InChI is InChI=1S/C5H6N3O/c1-6-5(9)4-2-7-3-8-4/h2H,1H3,(H,6,9)(H,7,8). The van der Waals surface area contributed by atoms with E-state index in [0.29, 0.717) is 5.69 Å². The number of nitrogens with one attached hydrogen (secondary N) is 2. The lowest BCUT2D eigenvalue weighted by Crippen LogP contribution is -2.17. The van der Waals surface area contributed by atoms with E-state index in [-0.39, 0.29) is 5.91 Å². The fraction of sp³-hybridized carbons (Fsp3) is 0.200. The number of H-pyrrole nitrogens is 1. The van der Waals surface area contributed by atoms with Crippen molar-refractivity contribution in [3.8, 4) is 0 Å². The van der Waals surface area contributed by atoms with Crippen LogP contribution in [0.5, 0.6) is 0 Å². The molecule has 0 bridgehead atoms. The van der Waals surface area contributed by atoms with Crippen LogP contribution in [-0.2, 0) is 0 Å². The van der Waals surface area contributed by atoms with Gasteiger partial charge in [-0.25, -0.2) is 4.98 Å². The SMILES string of the molecule is CNC(=O)c1c[nH][c]n1. The quantitative estimate of drug-likeness (QED) is 0.533. The minimum atomic E-state index is -0.201. The lowest BCUT2D eigenvalue weighted by atomic mass is 10.4. The van der Waals surface area contributed by atoms with Crippen molar-refractivity contribution in [3.63, 3.8) is 0 Å². The van der Waals surface area contributed by atoms with Gasteiger partial charge in [0.1, 0.15) is 5.69 Å². The van der Waals surface area contributed by atoms with Gasteiger partial charge in [0.25, 0.3) is 5.91 Å². The molecule has 0 unspecified atom stereocenters. The van der Waals surface area contributed by atoms with Gasteiger partial charge in [-0.1, -0.05) is 0 Å². The summed E-state index contributed by atoms with van der Waals surface area (Å²) in [6, 6.07) is 0. The van der Waals surface area contributed by atoms with Gasteiger partial charge in [0.05, 0.1) is 0 Å². The zero-order chi connectivity index (χ0) is 6.69. The third-order valence-electron chi connectivity index (χ3n) is 0.909. The summed E-state index contributed by atoms with van der Waals surface area (Å²) >= 11 is 0. The van der Waals surface area contributed by atoms with Crippen LogP contribution in [0.15, 0.2) is 6.20 Å². The van der Waals surface area contributed by atoms with Gasteiger partial charge >= 0.3 is 0 Å². The van der Waals surface area contributed by atoms with Crippen molar-refractivity contribution in [2.24, 2.45) is 0 Å². The molecule has 0 aliphatic rings. The van der Waals surface area contributed by atoms with Crippen molar-refractivity contribution in [1.29, 1.82) is 0 Å². The van der Waals surface area contributed by atoms with Crippen molar-refractivity contribution in [3.05, 3.63) is 18.2 Å². The Balaban J connectivity index is 2.77. The Morgan fingerprint density at radius 1 is 2.00 bits per heavy atom. The summed E-state index contributed by atoms with van der Waals surface area (Å²) in [6.07, 6.45) is 3.89. The number of aromatic nitrogens is 2. The van der Waals surface area contributed by atoms with Gasteiger partial charge in [-0.2, -0.15) is 0 Å². The Labute approximate surface area is 52.3 Å². The Hall–Kier alpha value is -1.32. The summed E-state index contributed by atoms with van der Waals surface area (Å²) < 4.78 is 0. The maximum Gasteiger partial charge on any atom is 0.271 e. The molecule has 4 nitrogen and oxygen atoms in total. The molecule has 0 saturated carbocycles. The van der Waals surface area contributed by atoms with Gasteiger partial charge in [-0.05, 0) is 0 Å². The average molecular weight is 124 g/mol. The molecule has 0 saturated heterocycles. The first-order valence-electron chi connectivity index (χ1n) is 2.48. The number of amides is 1. The molecule has 4 heteroatoms. The van der Waals surface area contributed by atoms with Gasteiger partial charge in [-0.15, -0.1) is 0 Å². The van der Waals surface area contributed by atoms with Crippen molar-refractivity contribution < 1.29 is 4.79 Å². The van der Waals surface area contributed by atoms with Crippen molar-refractivity contribution in [2.45, 2.75) is 0 Å². The summed E-state index contributed by atoms with van der Waals surface area (Å²) in [4.78, 5) is 16.8. The first-order valence-corrected chi connectivity index (χ1v) is 2.48. The minimum absolute atomic E-state index is 0.201. The molecule has 2 N–H and O–H groups in total. The average Bonchev–Trinajstić information content (AvgIpc) is 2.37. The normalized spacial score (nSPS) is 9.00. The molecule has 47 valence electrons. The number of hydrogen-bond donors (Lipinski definition) is 2. The van der Waals surface area contributed by atoms with Gasteiger partial charge < -0.3 is 10.3 Å². The molecule has 0 aliphatic carbocycles. The molecule has 1 radical (unpaired) electrons. The highest BCUT2D eigenvalue weighted by molar-refractivity contribution is 5.91. The minimum Gasteiger partial charge on any atom is -0.354 e. The lowest BCUT2D eigenvalue weighted by molar-refractivity contribution is 0.0958. The first kappa shape index (κ1) is 5.81. The highest BCUT2D eigenvalue weighted by Gasteiger charge is 2.02. The van der Waals surface area contributed by atoms with Crippen LogP contribution in [0.25, 0.3) is 0 Å². The third-order valence-corrected chi connectivity index (χ3v) is 0.909. The van der Waals surface area contributed by atoms with Crippen molar-refractivity contribution in [1.82, 2.24) is 15.3 Å². The highest BCUT2D eigenvalue weighted by Crippen LogP contribution is 1.86. The van der Waals surface area contributed by atoms with Crippen LogP contribution in [-0.4, -0.2) is 22.9 Å². The van der Waals surface area contributed by atoms with Crippen LogP contribution >= 0.6 is 0 Å². The lowest BCUT2D eigenvalue weighted by Gasteiger charge is -1.89. The number of aromatic amines is 1. The zero-order valence-corrected chi connectivity index (χ0v) is 4.93. The van der Waals surface area contributed by atoms with E-state index in [1.54, 1.807) is 7.05 Å². The second-order valence-corrected chi connectivity index (χ2v) is 1.48. The summed E-state index contributed by atoms with van der Waals surface area (Å²) in [7, 11) is 1.55. The molecule has 0 fully saturated rings. The molecular formula is C5H6N3O. The predicted octanol–water partition coefficient (Wildman–Crippen LogP) is -0.431. The molecule has 9 heavy (non-hydrogen) atoms. The maximum absolute atomic E-state index is 10.7. The van der Waals surface area contributed by atoms with E-state index in [0.717, 1.165) is 0 Å². The van der Waals surface area contributed by atoms with Crippen LogP contribution in [0.2, 0.25) is 0 Å². The van der Waals surface area contributed by atoms with Gasteiger partial charge in [0.2, 0.25) is 0 Å². The number of carbonyl (C=O) groups is 1. The Bertz CT molecular complexity index is 192. The van der Waals surface area contributed by atoms with Gasteiger partial charge in [0, 0.05) is 13.2 Å². The van der Waals surface area contributed by atoms with Crippen molar-refractivity contribution in [2.75, 3.05) is 7.05 Å². The number of rotatable bonds is 1. The molecule has 1 aromatic heterocycles. The highest BCUT2D eigenvalue weighted by atomic mass is 16.1. The van der Waals surface area contributed by atoms with Crippen LogP contribution in [0.4, 0.5) is 0 Å². The third kappa shape index (κ3) is 1.07. The van der Waals surface area contributed by atoms with Gasteiger partial charge in [0.15, 0.2) is 6.33 Å². The topological polar surface area (TPSA) is 57.8 Å². The molecule has 0 atom stereocenters. The molecule has 1 rings (SSSR count). The van der Waals surface area contributed by atoms with Crippen LogP contribution < -0.4 is 5.32 Å². The Kier molecular flexibility index (Phi) is 1.48. The largest absolute Gasteiger partial charge is 0.354 e. The first-order chi connectivity index (χ1) is 4.34. The molecule has 0 aromatic carbocycles. The predicted molar refractivity (Wildman–Crippen MR) is 30.8 cm³/mol. The molecule has 0 spiro atoms. The van der Waals surface area contributed by atoms with Crippen LogP contribution in [0.3, 0.4) is 0 Å². The van der Waals surface area contributed by atoms with E-state index < -0.39 is 0 Å². The monoisotopic (exact) mass is 124 g/mol. The van der Waals surface area contributed by atoms with E-state index >= 15 is 0 Å². The van der Waals surface area contributed by atoms with E-state index in [1.807, 2.05) is 0 Å². The fourth-order valence-corrected chi connectivity index (χ4v) is 0.470. The number of hydrogen-bond acceptors (Lipinski definition) is 2. The molecule has 1 aromatic rings. The molecule has 1 heterocycles. The van der Waals surface area contributed by atoms with Crippen LogP contribution in [0, 0.1) is 6.33 Å². The Morgan fingerprint density at radius 3 is 3.22 bits per heavy atom. The maximum atomic E-state index is 10.7. The summed E-state index contributed by atoms with van der Waals surface area (Å²) in [5.74, 6) is -0.201. The van der Waals surface area contributed by atoms with Crippen LogP contribution in [0.1, 0.15) is 10.5 Å². The number of imidazole rings is 1. The summed E-state index contributed by atoms with van der Waals surface area (Å²) in [6.45, 7) is 0. The van der Waals surface area contributed by atoms with E-state index in [1.165, 1.54) is 6.20 Å². The molecule has 1 amide bonds. The zero-order valence-electron chi connectivity index (χ0n) is 4.93. The summed E-state index contributed by atoms with van der Waals surface area (Å²) in [5, 5.41) is 2.43. The Morgan fingerprint density at radius 2 is 2.78 bits per heavy atom. The number of carbonyl (C=O) groups excluding carboxylic acids is 1. The van der Waals surface area contributed by atoms with Crippen molar-refractivity contribution >= 4 is 5.91 Å². The van der Waals surface area contributed by atoms with E-state index in [4.69, 9.17) is 0 Å². The smallest absolute Gasteiger partial charge is 0.271 e. The second kappa shape index (κ2) is 2.30. The van der Waals surface area contributed by atoms with Gasteiger partial charge in [-0.3, -0.25) is 4.79 Å². The summed E-state index contributed by atoms with van der Waals surface area (Å²) in [5.41, 5.74) is 0.359.